The van der Waals surface area contributed by atoms with Crippen LogP contribution in [0.5, 0.6) is 11.5 Å². The number of fused-ring (bicyclic) bond motifs is 1. The standard InChI is InChI=1S/C25H21NO5.BrH/c1-29-18-9-7-17(8-10-18)21-15-30-23-14-19(11-12-20(23)24(21)27)31-25(28)22(26)13-16-5-3-2-4-6-16;/h2-12,14-15,22H,13,26H2,1H3;1H. The molecule has 6 nitrogen and oxygen atoms in total. The Morgan fingerprint density at radius 3 is 2.38 bits per heavy atom. The Balaban J connectivity index is 0.00000289. The minimum Gasteiger partial charge on any atom is -0.497 e. The van der Waals surface area contributed by atoms with Crippen molar-refractivity contribution in [3.8, 4) is 22.6 Å². The minimum absolute atomic E-state index is 0. The van der Waals surface area contributed by atoms with Crippen LogP contribution >= 0.6 is 17.0 Å². The molecule has 0 bridgehead atoms. The van der Waals surface area contributed by atoms with E-state index in [0.717, 1.165) is 11.1 Å². The van der Waals surface area contributed by atoms with Crippen LogP contribution in [0.2, 0.25) is 0 Å². The highest BCUT2D eigenvalue weighted by Crippen LogP contribution is 2.24. The first-order valence-electron chi connectivity index (χ1n) is 9.76. The monoisotopic (exact) mass is 495 g/mol. The molecule has 0 aliphatic rings. The van der Waals surface area contributed by atoms with Crippen molar-refractivity contribution >= 4 is 33.9 Å². The first kappa shape index (κ1) is 23.2. The zero-order chi connectivity index (χ0) is 21.8. The fourth-order valence-corrected chi connectivity index (χ4v) is 3.29. The van der Waals surface area contributed by atoms with E-state index in [1.54, 1.807) is 43.5 Å². The van der Waals surface area contributed by atoms with Crippen molar-refractivity contribution in [2.45, 2.75) is 12.5 Å². The van der Waals surface area contributed by atoms with E-state index in [1.165, 1.54) is 12.3 Å². The van der Waals surface area contributed by atoms with Gasteiger partial charge in [0, 0.05) is 6.07 Å². The van der Waals surface area contributed by atoms with Gasteiger partial charge in [-0.05, 0) is 41.8 Å². The molecule has 0 radical (unpaired) electrons. The lowest BCUT2D eigenvalue weighted by Crippen LogP contribution is -2.36. The van der Waals surface area contributed by atoms with Gasteiger partial charge in [0.25, 0.3) is 0 Å². The molecule has 0 saturated carbocycles. The summed E-state index contributed by atoms with van der Waals surface area (Å²) in [5.41, 5.74) is 8.23. The van der Waals surface area contributed by atoms with E-state index in [0.29, 0.717) is 28.7 Å². The normalized spacial score (nSPS) is 11.4. The maximum absolute atomic E-state index is 12.9. The smallest absolute Gasteiger partial charge is 0.328 e. The molecule has 0 spiro atoms. The average molecular weight is 496 g/mol. The Hall–Kier alpha value is -3.42. The maximum atomic E-state index is 12.9. The number of methoxy groups -OCH3 is 1. The number of carbonyl (C=O) groups is 1. The van der Waals surface area contributed by atoms with Crippen molar-refractivity contribution in [2.24, 2.45) is 5.73 Å². The molecule has 0 fully saturated rings. The fraction of sp³-hybridized carbons (Fsp3) is 0.120. The summed E-state index contributed by atoms with van der Waals surface area (Å²) in [5.74, 6) is 0.410. The van der Waals surface area contributed by atoms with Crippen LogP contribution in [-0.2, 0) is 11.2 Å². The minimum atomic E-state index is -0.803. The van der Waals surface area contributed by atoms with E-state index < -0.39 is 12.0 Å². The second-order valence-electron chi connectivity index (χ2n) is 7.08. The van der Waals surface area contributed by atoms with Crippen LogP contribution in [0.15, 0.2) is 88.3 Å². The molecule has 7 heteroatoms. The van der Waals surface area contributed by atoms with Crippen molar-refractivity contribution in [2.75, 3.05) is 7.11 Å². The van der Waals surface area contributed by atoms with Crippen LogP contribution < -0.4 is 20.6 Å². The molecule has 1 unspecified atom stereocenters. The third kappa shape index (κ3) is 5.07. The number of halogens is 1. The predicted octanol–water partition coefficient (Wildman–Crippen LogP) is 4.52. The predicted molar refractivity (Wildman–Crippen MR) is 129 cm³/mol. The van der Waals surface area contributed by atoms with Gasteiger partial charge in [-0.1, -0.05) is 42.5 Å². The number of hydrogen-bond donors (Lipinski definition) is 1. The van der Waals surface area contributed by atoms with Gasteiger partial charge in [-0.15, -0.1) is 17.0 Å². The van der Waals surface area contributed by atoms with E-state index in [1.807, 2.05) is 30.3 Å². The summed E-state index contributed by atoms with van der Waals surface area (Å²) in [6.45, 7) is 0. The average Bonchev–Trinajstić information content (AvgIpc) is 2.80. The number of ether oxygens (including phenoxy) is 2. The summed E-state index contributed by atoms with van der Waals surface area (Å²) < 4.78 is 16.2. The summed E-state index contributed by atoms with van der Waals surface area (Å²) in [4.78, 5) is 25.3. The number of hydrogen-bond acceptors (Lipinski definition) is 6. The molecule has 4 aromatic rings. The highest BCUT2D eigenvalue weighted by Gasteiger charge is 2.17. The fourth-order valence-electron chi connectivity index (χ4n) is 3.29. The Morgan fingerprint density at radius 2 is 1.69 bits per heavy atom. The number of esters is 1. The van der Waals surface area contributed by atoms with E-state index >= 15 is 0 Å². The highest BCUT2D eigenvalue weighted by molar-refractivity contribution is 8.93. The third-order valence-electron chi connectivity index (χ3n) is 4.97. The van der Waals surface area contributed by atoms with Gasteiger partial charge < -0.3 is 19.6 Å². The quantitative estimate of drug-likeness (QED) is 0.312. The number of rotatable bonds is 6. The van der Waals surface area contributed by atoms with Crippen LogP contribution in [-0.4, -0.2) is 19.1 Å². The lowest BCUT2D eigenvalue weighted by Gasteiger charge is -2.12. The van der Waals surface area contributed by atoms with Gasteiger partial charge in [-0.25, -0.2) is 4.79 Å². The Bertz CT molecular complexity index is 1270. The van der Waals surface area contributed by atoms with Crippen molar-refractivity contribution < 1.29 is 18.7 Å². The molecule has 0 amide bonds. The summed E-state index contributed by atoms with van der Waals surface area (Å²) in [7, 11) is 1.58. The van der Waals surface area contributed by atoms with Crippen molar-refractivity contribution in [3.05, 3.63) is 94.8 Å². The molecule has 0 aliphatic heterocycles. The first-order valence-corrected chi connectivity index (χ1v) is 9.76. The van der Waals surface area contributed by atoms with Gasteiger partial charge in [0.1, 0.15) is 29.4 Å². The molecule has 1 aromatic heterocycles. The van der Waals surface area contributed by atoms with Crippen molar-refractivity contribution in [1.29, 1.82) is 0 Å². The van der Waals surface area contributed by atoms with Gasteiger partial charge >= 0.3 is 5.97 Å². The molecule has 0 aliphatic carbocycles. The van der Waals surface area contributed by atoms with Gasteiger partial charge in [0.2, 0.25) is 0 Å². The zero-order valence-electron chi connectivity index (χ0n) is 17.3. The van der Waals surface area contributed by atoms with Crippen LogP contribution in [0, 0.1) is 0 Å². The number of benzene rings is 3. The highest BCUT2D eigenvalue weighted by atomic mass is 79.9. The Morgan fingerprint density at radius 1 is 1.00 bits per heavy atom. The molecule has 1 atom stereocenters. The van der Waals surface area contributed by atoms with Gasteiger partial charge in [0.15, 0.2) is 5.43 Å². The van der Waals surface area contributed by atoms with Crippen LogP contribution in [0.4, 0.5) is 0 Å². The lowest BCUT2D eigenvalue weighted by molar-refractivity contribution is -0.135. The summed E-state index contributed by atoms with van der Waals surface area (Å²) >= 11 is 0. The molecule has 3 aromatic carbocycles. The number of nitrogens with two attached hydrogens (primary N) is 1. The molecule has 0 saturated heterocycles. The van der Waals surface area contributed by atoms with E-state index in [4.69, 9.17) is 19.6 Å². The van der Waals surface area contributed by atoms with Crippen molar-refractivity contribution in [1.82, 2.24) is 0 Å². The van der Waals surface area contributed by atoms with E-state index in [9.17, 15) is 9.59 Å². The summed E-state index contributed by atoms with van der Waals surface area (Å²) in [6, 6.07) is 20.5. The first-order chi connectivity index (χ1) is 15.0. The number of carbonyl (C=O) groups excluding carboxylic acids is 1. The second-order valence-corrected chi connectivity index (χ2v) is 7.08. The summed E-state index contributed by atoms with van der Waals surface area (Å²) in [5, 5.41) is 0.390. The molecule has 4 rings (SSSR count). The third-order valence-corrected chi connectivity index (χ3v) is 4.97. The largest absolute Gasteiger partial charge is 0.497 e. The molecular weight excluding hydrogens is 474 g/mol. The van der Waals surface area contributed by atoms with Gasteiger partial charge in [-0.3, -0.25) is 4.79 Å². The van der Waals surface area contributed by atoms with Crippen LogP contribution in [0.25, 0.3) is 22.1 Å². The van der Waals surface area contributed by atoms with Gasteiger partial charge in [-0.2, -0.15) is 0 Å². The maximum Gasteiger partial charge on any atom is 0.328 e. The molecule has 164 valence electrons. The van der Waals surface area contributed by atoms with Crippen LogP contribution in [0.3, 0.4) is 0 Å². The topological polar surface area (TPSA) is 91.8 Å². The Kier molecular flexibility index (Phi) is 7.45. The van der Waals surface area contributed by atoms with E-state index in [2.05, 4.69) is 0 Å². The molecule has 1 heterocycles. The summed E-state index contributed by atoms with van der Waals surface area (Å²) in [6.07, 6.45) is 1.77. The van der Waals surface area contributed by atoms with E-state index in [-0.39, 0.29) is 28.2 Å². The van der Waals surface area contributed by atoms with Crippen molar-refractivity contribution in [3.63, 3.8) is 0 Å². The molecule has 32 heavy (non-hydrogen) atoms. The molecular formula is C25H22BrNO5. The second kappa shape index (κ2) is 10.3. The SMILES string of the molecule is Br.COc1ccc(-c2coc3cc(OC(=O)C(N)Cc4ccccc4)ccc3c2=O)cc1. The van der Waals surface area contributed by atoms with Gasteiger partial charge in [0.05, 0.1) is 18.1 Å². The Labute approximate surface area is 195 Å². The lowest BCUT2D eigenvalue weighted by atomic mass is 10.1. The zero-order valence-corrected chi connectivity index (χ0v) is 19.0. The molecule has 2 N–H and O–H groups in total. The van der Waals surface area contributed by atoms with Crippen LogP contribution in [0.1, 0.15) is 5.56 Å².